The highest BCUT2D eigenvalue weighted by atomic mass is 32.1. The van der Waals surface area contributed by atoms with E-state index >= 15 is 0 Å². The molecule has 1 unspecified atom stereocenters. The second kappa shape index (κ2) is 6.26. The third-order valence-corrected chi connectivity index (χ3v) is 4.21. The van der Waals surface area contributed by atoms with Crippen LogP contribution in [0.5, 0.6) is 11.5 Å². The lowest BCUT2D eigenvalue weighted by atomic mass is 9.99. The first-order chi connectivity index (χ1) is 9.88. The molecule has 4 nitrogen and oxygen atoms in total. The SMILES string of the molecule is NNC(CCc1ccsc1)c1cccc2c1OCCO2. The second-order valence-corrected chi connectivity index (χ2v) is 5.54. The van der Waals surface area contributed by atoms with Gasteiger partial charge in [-0.1, -0.05) is 12.1 Å². The molecule has 3 rings (SSSR count). The van der Waals surface area contributed by atoms with E-state index in [1.165, 1.54) is 5.56 Å². The number of hydrazine groups is 1. The summed E-state index contributed by atoms with van der Waals surface area (Å²) >= 11 is 1.72. The van der Waals surface area contributed by atoms with E-state index < -0.39 is 0 Å². The molecule has 1 atom stereocenters. The van der Waals surface area contributed by atoms with Crippen molar-refractivity contribution in [3.63, 3.8) is 0 Å². The summed E-state index contributed by atoms with van der Waals surface area (Å²) in [5.41, 5.74) is 5.31. The summed E-state index contributed by atoms with van der Waals surface area (Å²) in [4.78, 5) is 0. The molecule has 1 aliphatic heterocycles. The molecule has 2 aromatic rings. The molecule has 0 aliphatic carbocycles. The molecule has 1 aliphatic rings. The van der Waals surface area contributed by atoms with Crippen molar-refractivity contribution in [2.24, 2.45) is 5.84 Å². The monoisotopic (exact) mass is 290 g/mol. The molecule has 2 heterocycles. The lowest BCUT2D eigenvalue weighted by molar-refractivity contribution is 0.168. The zero-order chi connectivity index (χ0) is 13.8. The summed E-state index contributed by atoms with van der Waals surface area (Å²) in [5.74, 6) is 7.37. The number of benzene rings is 1. The van der Waals surface area contributed by atoms with Gasteiger partial charge in [0.05, 0.1) is 6.04 Å². The average molecular weight is 290 g/mol. The first-order valence-corrected chi connectivity index (χ1v) is 7.68. The van der Waals surface area contributed by atoms with E-state index in [1.54, 1.807) is 11.3 Å². The highest BCUT2D eigenvalue weighted by molar-refractivity contribution is 7.07. The fourth-order valence-electron chi connectivity index (χ4n) is 2.45. The highest BCUT2D eigenvalue weighted by Crippen LogP contribution is 2.37. The van der Waals surface area contributed by atoms with E-state index in [-0.39, 0.29) is 6.04 Å². The van der Waals surface area contributed by atoms with Crippen LogP contribution in [0.2, 0.25) is 0 Å². The molecule has 1 aromatic heterocycles. The van der Waals surface area contributed by atoms with E-state index in [0.717, 1.165) is 29.9 Å². The number of rotatable bonds is 5. The third kappa shape index (κ3) is 2.80. The molecular weight excluding hydrogens is 272 g/mol. The number of hydrogen-bond donors (Lipinski definition) is 2. The maximum Gasteiger partial charge on any atom is 0.166 e. The Morgan fingerprint density at radius 1 is 1.25 bits per heavy atom. The van der Waals surface area contributed by atoms with Gasteiger partial charge in [0.2, 0.25) is 0 Å². The van der Waals surface area contributed by atoms with Crippen molar-refractivity contribution < 1.29 is 9.47 Å². The van der Waals surface area contributed by atoms with Gasteiger partial charge in [-0.05, 0) is 41.3 Å². The van der Waals surface area contributed by atoms with Crippen LogP contribution in [-0.2, 0) is 6.42 Å². The fraction of sp³-hybridized carbons (Fsp3) is 0.333. The molecule has 0 saturated carbocycles. The van der Waals surface area contributed by atoms with Gasteiger partial charge in [-0.25, -0.2) is 0 Å². The summed E-state index contributed by atoms with van der Waals surface area (Å²) in [6.45, 7) is 1.19. The standard InChI is InChI=1S/C15H18N2O2S/c16-17-13(5-4-11-6-9-20-10-11)12-2-1-3-14-15(12)19-8-7-18-14/h1-3,6,9-10,13,17H,4-5,7-8,16H2. The number of nitrogens with one attached hydrogen (secondary N) is 1. The van der Waals surface area contributed by atoms with Gasteiger partial charge in [0, 0.05) is 5.56 Å². The van der Waals surface area contributed by atoms with Crippen molar-refractivity contribution in [2.75, 3.05) is 13.2 Å². The van der Waals surface area contributed by atoms with Gasteiger partial charge in [0.25, 0.3) is 0 Å². The fourth-order valence-corrected chi connectivity index (χ4v) is 3.15. The number of thiophene rings is 1. The first-order valence-electron chi connectivity index (χ1n) is 6.74. The predicted octanol–water partition coefficient (Wildman–Crippen LogP) is 2.66. The molecule has 0 saturated heterocycles. The van der Waals surface area contributed by atoms with Gasteiger partial charge in [-0.15, -0.1) is 0 Å². The molecular formula is C15H18N2O2S. The summed E-state index contributed by atoms with van der Waals surface area (Å²) in [7, 11) is 0. The second-order valence-electron chi connectivity index (χ2n) is 4.76. The first kappa shape index (κ1) is 13.4. The van der Waals surface area contributed by atoms with E-state index in [4.69, 9.17) is 15.3 Å². The predicted molar refractivity (Wildman–Crippen MR) is 80.1 cm³/mol. The molecule has 0 amide bonds. The average Bonchev–Trinajstić information content (AvgIpc) is 3.01. The Balaban J connectivity index is 1.78. The Bertz CT molecular complexity index is 557. The molecule has 0 bridgehead atoms. The minimum atomic E-state index is 0.0616. The van der Waals surface area contributed by atoms with Crippen LogP contribution in [0.4, 0.5) is 0 Å². The molecule has 3 N–H and O–H groups in total. The Morgan fingerprint density at radius 3 is 2.95 bits per heavy atom. The van der Waals surface area contributed by atoms with Crippen LogP contribution in [0.3, 0.4) is 0 Å². The van der Waals surface area contributed by atoms with Gasteiger partial charge >= 0.3 is 0 Å². The Morgan fingerprint density at radius 2 is 2.15 bits per heavy atom. The van der Waals surface area contributed by atoms with Crippen molar-refractivity contribution >= 4 is 11.3 Å². The lowest BCUT2D eigenvalue weighted by Crippen LogP contribution is -2.29. The van der Waals surface area contributed by atoms with Gasteiger partial charge in [-0.3, -0.25) is 11.3 Å². The number of nitrogens with two attached hydrogens (primary N) is 1. The van der Waals surface area contributed by atoms with Gasteiger partial charge in [0.1, 0.15) is 13.2 Å². The molecule has 5 heteroatoms. The van der Waals surface area contributed by atoms with Crippen LogP contribution >= 0.6 is 11.3 Å². The molecule has 20 heavy (non-hydrogen) atoms. The van der Waals surface area contributed by atoms with E-state index in [2.05, 4.69) is 22.3 Å². The van der Waals surface area contributed by atoms with Crippen LogP contribution in [0.15, 0.2) is 35.0 Å². The maximum absolute atomic E-state index is 5.76. The minimum Gasteiger partial charge on any atom is -0.486 e. The molecule has 1 aromatic carbocycles. The number of fused-ring (bicyclic) bond motifs is 1. The van der Waals surface area contributed by atoms with Crippen LogP contribution < -0.4 is 20.7 Å². The highest BCUT2D eigenvalue weighted by Gasteiger charge is 2.21. The summed E-state index contributed by atoms with van der Waals surface area (Å²) < 4.78 is 11.4. The van der Waals surface area contributed by atoms with Crippen molar-refractivity contribution in [3.05, 3.63) is 46.2 Å². The number of ether oxygens (including phenoxy) is 2. The third-order valence-electron chi connectivity index (χ3n) is 3.48. The normalized spacial score (nSPS) is 15.1. The summed E-state index contributed by atoms with van der Waals surface area (Å²) in [5, 5.41) is 4.27. The largest absolute Gasteiger partial charge is 0.486 e. The summed E-state index contributed by atoms with van der Waals surface area (Å²) in [6, 6.07) is 8.18. The van der Waals surface area contributed by atoms with Crippen LogP contribution in [0.25, 0.3) is 0 Å². The van der Waals surface area contributed by atoms with Gasteiger partial charge < -0.3 is 9.47 Å². The van der Waals surface area contributed by atoms with Crippen LogP contribution in [0.1, 0.15) is 23.6 Å². The molecule has 106 valence electrons. The number of aryl methyl sites for hydroxylation is 1. The molecule has 0 spiro atoms. The quantitative estimate of drug-likeness (QED) is 0.656. The maximum atomic E-state index is 5.76. The van der Waals surface area contributed by atoms with Crippen LogP contribution in [0, 0.1) is 0 Å². The van der Waals surface area contributed by atoms with E-state index in [0.29, 0.717) is 13.2 Å². The molecule has 0 radical (unpaired) electrons. The van der Waals surface area contributed by atoms with E-state index in [9.17, 15) is 0 Å². The van der Waals surface area contributed by atoms with Crippen molar-refractivity contribution in [3.8, 4) is 11.5 Å². The Kier molecular flexibility index (Phi) is 4.20. The van der Waals surface area contributed by atoms with Crippen molar-refractivity contribution in [1.29, 1.82) is 0 Å². The van der Waals surface area contributed by atoms with Gasteiger partial charge in [-0.2, -0.15) is 11.3 Å². The zero-order valence-electron chi connectivity index (χ0n) is 11.2. The number of hydrogen-bond acceptors (Lipinski definition) is 5. The summed E-state index contributed by atoms with van der Waals surface area (Å²) in [6.07, 6.45) is 1.91. The Hall–Kier alpha value is -1.56. The van der Waals surface area contributed by atoms with Gasteiger partial charge in [0.15, 0.2) is 11.5 Å². The van der Waals surface area contributed by atoms with Crippen LogP contribution in [-0.4, -0.2) is 13.2 Å². The number of para-hydroxylation sites is 1. The van der Waals surface area contributed by atoms with E-state index in [1.807, 2.05) is 18.2 Å². The molecule has 0 fully saturated rings. The van der Waals surface area contributed by atoms with Crippen molar-refractivity contribution in [2.45, 2.75) is 18.9 Å². The Labute approximate surface area is 122 Å². The van der Waals surface area contributed by atoms with Crippen molar-refractivity contribution in [1.82, 2.24) is 5.43 Å². The minimum absolute atomic E-state index is 0.0616. The topological polar surface area (TPSA) is 56.5 Å². The smallest absolute Gasteiger partial charge is 0.166 e. The zero-order valence-corrected chi connectivity index (χ0v) is 12.0. The lowest BCUT2D eigenvalue weighted by Gasteiger charge is -2.25.